The van der Waals surface area contributed by atoms with Crippen molar-refractivity contribution in [1.82, 2.24) is 9.55 Å². The Bertz CT molecular complexity index is 1510. The van der Waals surface area contributed by atoms with Crippen molar-refractivity contribution in [2.75, 3.05) is 6.61 Å². The van der Waals surface area contributed by atoms with Gasteiger partial charge >= 0.3 is 5.97 Å². The SMILES string of the molecule is Cc1c(C(=O)OCCc2ccccc2)sc2ncn(Cc3cccc4ccccc34)c(=O)c12. The molecule has 5 aromatic rings. The molecule has 0 N–H and O–H groups in total. The third kappa shape index (κ3) is 4.17. The Morgan fingerprint density at radius 2 is 1.76 bits per heavy atom. The summed E-state index contributed by atoms with van der Waals surface area (Å²) in [6, 6.07) is 24.1. The topological polar surface area (TPSA) is 61.2 Å². The second kappa shape index (κ2) is 9.00. The molecule has 0 bridgehead atoms. The van der Waals surface area contributed by atoms with Crippen molar-refractivity contribution in [3.63, 3.8) is 0 Å². The first-order chi connectivity index (χ1) is 16.1. The molecule has 5 rings (SSSR count). The van der Waals surface area contributed by atoms with Crippen LogP contribution in [0.1, 0.15) is 26.4 Å². The first-order valence-electron chi connectivity index (χ1n) is 10.8. The second-order valence-corrected chi connectivity index (χ2v) is 8.92. The third-order valence-corrected chi connectivity index (χ3v) is 6.97. The molecule has 0 radical (unpaired) electrons. The number of esters is 1. The summed E-state index contributed by atoms with van der Waals surface area (Å²) in [6.07, 6.45) is 2.21. The molecule has 33 heavy (non-hydrogen) atoms. The first-order valence-corrected chi connectivity index (χ1v) is 11.6. The molecule has 6 heteroatoms. The Hall–Kier alpha value is -3.77. The fourth-order valence-corrected chi connectivity index (χ4v) is 5.09. The predicted octanol–water partition coefficient (Wildman–Crippen LogP) is 5.37. The summed E-state index contributed by atoms with van der Waals surface area (Å²) in [5.74, 6) is -0.411. The fourth-order valence-electron chi connectivity index (χ4n) is 4.05. The summed E-state index contributed by atoms with van der Waals surface area (Å²) in [7, 11) is 0. The molecule has 2 aromatic heterocycles. The monoisotopic (exact) mass is 454 g/mol. The molecule has 0 aliphatic heterocycles. The molecular formula is C27H22N2O3S. The van der Waals surface area contributed by atoms with Crippen molar-refractivity contribution in [2.45, 2.75) is 19.9 Å². The van der Waals surface area contributed by atoms with Crippen LogP contribution in [0.15, 0.2) is 83.9 Å². The van der Waals surface area contributed by atoms with E-state index >= 15 is 0 Å². The third-order valence-electron chi connectivity index (χ3n) is 5.79. The van der Waals surface area contributed by atoms with Crippen LogP contribution in [0.5, 0.6) is 0 Å². The molecule has 0 amide bonds. The van der Waals surface area contributed by atoms with Crippen LogP contribution in [-0.4, -0.2) is 22.1 Å². The molecule has 164 valence electrons. The quantitative estimate of drug-likeness (QED) is 0.324. The second-order valence-electron chi connectivity index (χ2n) is 7.92. The number of rotatable bonds is 6. The van der Waals surface area contributed by atoms with Crippen molar-refractivity contribution >= 4 is 38.3 Å². The van der Waals surface area contributed by atoms with Crippen LogP contribution in [0.2, 0.25) is 0 Å². The van der Waals surface area contributed by atoms with E-state index in [1.807, 2.05) is 54.6 Å². The molecule has 0 saturated carbocycles. The number of aromatic nitrogens is 2. The number of fused-ring (bicyclic) bond motifs is 2. The maximum atomic E-state index is 13.3. The van der Waals surface area contributed by atoms with Gasteiger partial charge in [0.2, 0.25) is 0 Å². The number of carbonyl (C=O) groups is 1. The Morgan fingerprint density at radius 1 is 1.00 bits per heavy atom. The van der Waals surface area contributed by atoms with Crippen molar-refractivity contribution in [1.29, 1.82) is 0 Å². The molecule has 0 atom stereocenters. The number of ether oxygens (including phenoxy) is 1. The van der Waals surface area contributed by atoms with Crippen molar-refractivity contribution in [2.24, 2.45) is 0 Å². The van der Waals surface area contributed by atoms with Gasteiger partial charge in [-0.3, -0.25) is 9.36 Å². The maximum Gasteiger partial charge on any atom is 0.348 e. The van der Waals surface area contributed by atoms with E-state index in [-0.39, 0.29) is 12.2 Å². The highest BCUT2D eigenvalue weighted by molar-refractivity contribution is 7.20. The Morgan fingerprint density at radius 3 is 2.61 bits per heavy atom. The van der Waals surface area contributed by atoms with E-state index in [4.69, 9.17) is 4.74 Å². The largest absolute Gasteiger partial charge is 0.461 e. The first kappa shape index (κ1) is 21.1. The maximum absolute atomic E-state index is 13.3. The molecule has 0 saturated heterocycles. The van der Waals surface area contributed by atoms with Crippen LogP contribution in [-0.2, 0) is 17.7 Å². The van der Waals surface area contributed by atoms with Crippen LogP contribution in [0.3, 0.4) is 0 Å². The standard InChI is InChI=1S/C27H22N2O3S/c1-18-23-25(33-24(18)27(31)32-15-14-19-8-3-2-4-9-19)28-17-29(26(23)30)16-21-12-7-11-20-10-5-6-13-22(20)21/h2-13,17H,14-16H2,1H3. The highest BCUT2D eigenvalue weighted by atomic mass is 32.1. The molecule has 0 aliphatic carbocycles. The van der Waals surface area contributed by atoms with Crippen LogP contribution < -0.4 is 5.56 Å². The van der Waals surface area contributed by atoms with Crippen molar-refractivity contribution < 1.29 is 9.53 Å². The lowest BCUT2D eigenvalue weighted by Crippen LogP contribution is -2.21. The number of carbonyl (C=O) groups excluding carboxylic acids is 1. The minimum atomic E-state index is -0.411. The van der Waals surface area contributed by atoms with Gasteiger partial charge in [0.25, 0.3) is 5.56 Å². The number of benzene rings is 3. The zero-order chi connectivity index (χ0) is 22.8. The summed E-state index contributed by atoms with van der Waals surface area (Å²) in [5.41, 5.74) is 2.63. The van der Waals surface area contributed by atoms with Crippen LogP contribution in [0.4, 0.5) is 0 Å². The molecule has 0 spiro atoms. The number of nitrogens with zero attached hydrogens (tertiary/aromatic N) is 2. The van der Waals surface area contributed by atoms with Gasteiger partial charge in [0.05, 0.1) is 24.9 Å². The lowest BCUT2D eigenvalue weighted by Gasteiger charge is -2.09. The van der Waals surface area contributed by atoms with Gasteiger partial charge in [-0.2, -0.15) is 0 Å². The van der Waals surface area contributed by atoms with E-state index in [1.165, 1.54) is 11.3 Å². The Labute approximate surface area is 194 Å². The van der Waals surface area contributed by atoms with Crippen LogP contribution in [0.25, 0.3) is 21.0 Å². The van der Waals surface area contributed by atoms with Crippen molar-refractivity contribution in [3.8, 4) is 0 Å². The minimum absolute atomic E-state index is 0.148. The molecule has 0 fully saturated rings. The van der Waals surface area contributed by atoms with E-state index in [9.17, 15) is 9.59 Å². The van der Waals surface area contributed by atoms with E-state index in [0.29, 0.717) is 33.6 Å². The average molecular weight is 455 g/mol. The van der Waals surface area contributed by atoms with Gasteiger partial charge in [0.15, 0.2) is 0 Å². The zero-order valence-corrected chi connectivity index (χ0v) is 19.0. The fraction of sp³-hybridized carbons (Fsp3) is 0.148. The van der Waals surface area contributed by atoms with Crippen LogP contribution >= 0.6 is 11.3 Å². The smallest absolute Gasteiger partial charge is 0.348 e. The molecule has 5 nitrogen and oxygen atoms in total. The Balaban J connectivity index is 1.41. The molecule has 0 unspecified atom stereocenters. The van der Waals surface area contributed by atoms with Gasteiger partial charge in [-0.25, -0.2) is 9.78 Å². The summed E-state index contributed by atoms with van der Waals surface area (Å²) >= 11 is 1.21. The number of aryl methyl sites for hydroxylation is 1. The molecule has 3 aromatic carbocycles. The summed E-state index contributed by atoms with van der Waals surface area (Å²) in [4.78, 5) is 31.5. The van der Waals surface area contributed by atoms with Gasteiger partial charge in [0.1, 0.15) is 9.71 Å². The molecular weight excluding hydrogens is 432 g/mol. The number of hydrogen-bond donors (Lipinski definition) is 0. The van der Waals surface area contributed by atoms with Gasteiger partial charge in [-0.1, -0.05) is 72.8 Å². The highest BCUT2D eigenvalue weighted by Crippen LogP contribution is 2.28. The predicted molar refractivity (Wildman–Crippen MR) is 132 cm³/mol. The summed E-state index contributed by atoms with van der Waals surface area (Å²) < 4.78 is 7.10. The minimum Gasteiger partial charge on any atom is -0.461 e. The number of thiophene rings is 1. The van der Waals surface area contributed by atoms with Crippen LogP contribution in [0, 0.1) is 6.92 Å². The zero-order valence-electron chi connectivity index (χ0n) is 18.2. The lowest BCUT2D eigenvalue weighted by atomic mass is 10.0. The van der Waals surface area contributed by atoms with E-state index in [2.05, 4.69) is 23.2 Å². The van der Waals surface area contributed by atoms with Gasteiger partial charge < -0.3 is 4.74 Å². The average Bonchev–Trinajstić information content (AvgIpc) is 3.19. The highest BCUT2D eigenvalue weighted by Gasteiger charge is 2.20. The summed E-state index contributed by atoms with van der Waals surface area (Å²) in [5, 5.41) is 2.72. The van der Waals surface area contributed by atoms with E-state index < -0.39 is 5.97 Å². The van der Waals surface area contributed by atoms with E-state index in [0.717, 1.165) is 21.9 Å². The van der Waals surface area contributed by atoms with Gasteiger partial charge in [0, 0.05) is 6.42 Å². The van der Waals surface area contributed by atoms with Crippen molar-refractivity contribution in [3.05, 3.63) is 111 Å². The number of hydrogen-bond acceptors (Lipinski definition) is 5. The lowest BCUT2D eigenvalue weighted by molar-refractivity contribution is 0.0514. The van der Waals surface area contributed by atoms with Gasteiger partial charge in [-0.15, -0.1) is 11.3 Å². The normalized spacial score (nSPS) is 11.2. The molecule has 2 heterocycles. The Kier molecular flexibility index (Phi) is 5.75. The van der Waals surface area contributed by atoms with E-state index in [1.54, 1.807) is 17.8 Å². The molecule has 0 aliphatic rings. The summed E-state index contributed by atoms with van der Waals surface area (Å²) in [6.45, 7) is 2.49. The van der Waals surface area contributed by atoms with Gasteiger partial charge in [-0.05, 0) is 34.4 Å².